The zero-order valence-corrected chi connectivity index (χ0v) is 15.4. The van der Waals surface area contributed by atoms with Crippen molar-refractivity contribution < 1.29 is 18.7 Å². The first kappa shape index (κ1) is 17.5. The highest BCUT2D eigenvalue weighted by molar-refractivity contribution is 5.93. The molecule has 0 saturated carbocycles. The average Bonchev–Trinajstić information content (AvgIpc) is 3.31. The van der Waals surface area contributed by atoms with E-state index >= 15 is 0 Å². The molecule has 7 heteroatoms. The van der Waals surface area contributed by atoms with Crippen LogP contribution in [0.5, 0.6) is 0 Å². The van der Waals surface area contributed by atoms with E-state index in [0.717, 1.165) is 38.9 Å². The molecular weight excluding hydrogens is 334 g/mol. The number of piperidine rings is 1. The molecule has 1 unspecified atom stereocenters. The Morgan fingerprint density at radius 2 is 1.85 bits per heavy atom. The lowest BCUT2D eigenvalue weighted by Gasteiger charge is -2.39. The topological polar surface area (TPSA) is 66.2 Å². The SMILES string of the molecule is CN1CC2(CCN(C(=O)c3ccoc3)CC2)CC1C(=O)N1CCOCC1. The number of nitrogens with zero attached hydrogens (tertiary/aromatic N) is 3. The maximum atomic E-state index is 12.9. The summed E-state index contributed by atoms with van der Waals surface area (Å²) in [6.07, 6.45) is 5.84. The molecule has 3 aliphatic heterocycles. The molecule has 7 nitrogen and oxygen atoms in total. The van der Waals surface area contributed by atoms with Crippen LogP contribution in [0, 0.1) is 5.41 Å². The van der Waals surface area contributed by atoms with Crippen LogP contribution in [0.15, 0.2) is 23.0 Å². The van der Waals surface area contributed by atoms with Gasteiger partial charge in [-0.2, -0.15) is 0 Å². The summed E-state index contributed by atoms with van der Waals surface area (Å²) >= 11 is 0. The number of hydrogen-bond acceptors (Lipinski definition) is 5. The second kappa shape index (κ2) is 7.04. The Kier molecular flexibility index (Phi) is 4.75. The van der Waals surface area contributed by atoms with Gasteiger partial charge in [0.05, 0.1) is 31.1 Å². The van der Waals surface area contributed by atoms with Crippen LogP contribution in [0.4, 0.5) is 0 Å². The maximum absolute atomic E-state index is 12.9. The molecule has 2 amide bonds. The predicted octanol–water partition coefficient (Wildman–Crippen LogP) is 1.06. The third-order valence-corrected chi connectivity index (χ3v) is 6.23. The Morgan fingerprint density at radius 3 is 2.50 bits per heavy atom. The number of morpholine rings is 1. The van der Waals surface area contributed by atoms with Crippen LogP contribution in [0.1, 0.15) is 29.6 Å². The zero-order chi connectivity index (χ0) is 18.1. The summed E-state index contributed by atoms with van der Waals surface area (Å²) in [4.78, 5) is 31.5. The van der Waals surface area contributed by atoms with Gasteiger partial charge in [-0.25, -0.2) is 0 Å². The van der Waals surface area contributed by atoms with E-state index in [1.54, 1.807) is 6.07 Å². The number of likely N-dealkylation sites (N-methyl/N-ethyl adjacent to an activating group) is 1. The molecule has 0 N–H and O–H groups in total. The molecule has 3 aliphatic rings. The highest BCUT2D eigenvalue weighted by atomic mass is 16.5. The van der Waals surface area contributed by atoms with Gasteiger partial charge in [0.25, 0.3) is 5.91 Å². The summed E-state index contributed by atoms with van der Waals surface area (Å²) in [6.45, 7) is 5.09. The van der Waals surface area contributed by atoms with E-state index < -0.39 is 0 Å². The fourth-order valence-electron chi connectivity index (χ4n) is 4.66. The van der Waals surface area contributed by atoms with Crippen LogP contribution >= 0.6 is 0 Å². The fourth-order valence-corrected chi connectivity index (χ4v) is 4.66. The van der Waals surface area contributed by atoms with E-state index in [-0.39, 0.29) is 23.3 Å². The van der Waals surface area contributed by atoms with Gasteiger partial charge in [0, 0.05) is 32.7 Å². The molecule has 1 atom stereocenters. The minimum Gasteiger partial charge on any atom is -0.472 e. The molecule has 1 aromatic rings. The quantitative estimate of drug-likeness (QED) is 0.788. The average molecular weight is 361 g/mol. The van der Waals surface area contributed by atoms with Crippen molar-refractivity contribution in [1.82, 2.24) is 14.7 Å². The van der Waals surface area contributed by atoms with Gasteiger partial charge in [-0.05, 0) is 37.8 Å². The highest BCUT2D eigenvalue weighted by Gasteiger charge is 2.48. The minimum absolute atomic E-state index is 0.0378. The van der Waals surface area contributed by atoms with E-state index in [9.17, 15) is 9.59 Å². The van der Waals surface area contributed by atoms with Crippen LogP contribution in [-0.2, 0) is 9.53 Å². The number of amides is 2. The molecule has 0 aliphatic carbocycles. The van der Waals surface area contributed by atoms with Gasteiger partial charge >= 0.3 is 0 Å². The zero-order valence-electron chi connectivity index (χ0n) is 15.4. The first-order valence-corrected chi connectivity index (χ1v) is 9.46. The van der Waals surface area contributed by atoms with Crippen LogP contribution in [0.2, 0.25) is 0 Å². The molecule has 26 heavy (non-hydrogen) atoms. The second-order valence-corrected chi connectivity index (χ2v) is 7.88. The van der Waals surface area contributed by atoms with Gasteiger partial charge in [0.1, 0.15) is 6.26 Å². The first-order valence-electron chi connectivity index (χ1n) is 9.46. The van der Waals surface area contributed by atoms with Crippen molar-refractivity contribution in [3.63, 3.8) is 0 Å². The van der Waals surface area contributed by atoms with Gasteiger partial charge in [-0.1, -0.05) is 0 Å². The van der Waals surface area contributed by atoms with E-state index in [1.807, 2.05) is 9.80 Å². The largest absolute Gasteiger partial charge is 0.472 e. The molecular formula is C19H27N3O4. The van der Waals surface area contributed by atoms with Crippen molar-refractivity contribution in [2.24, 2.45) is 5.41 Å². The lowest BCUT2D eigenvalue weighted by molar-refractivity contribution is -0.139. The molecule has 142 valence electrons. The molecule has 0 bridgehead atoms. The lowest BCUT2D eigenvalue weighted by Crippen LogP contribution is -2.48. The van der Waals surface area contributed by atoms with Crippen molar-refractivity contribution in [3.8, 4) is 0 Å². The Labute approximate surface area is 153 Å². The van der Waals surface area contributed by atoms with Crippen molar-refractivity contribution in [2.75, 3.05) is 53.0 Å². The van der Waals surface area contributed by atoms with Crippen LogP contribution in [0.25, 0.3) is 0 Å². The van der Waals surface area contributed by atoms with Crippen LogP contribution in [-0.4, -0.2) is 85.5 Å². The Hall–Kier alpha value is -1.86. The van der Waals surface area contributed by atoms with Crippen molar-refractivity contribution in [3.05, 3.63) is 24.2 Å². The number of likely N-dealkylation sites (tertiary alicyclic amines) is 2. The summed E-state index contributed by atoms with van der Waals surface area (Å²) in [5.41, 5.74) is 0.763. The maximum Gasteiger partial charge on any atom is 0.257 e. The number of furan rings is 1. The number of hydrogen-bond donors (Lipinski definition) is 0. The first-order chi connectivity index (χ1) is 12.6. The van der Waals surface area contributed by atoms with Crippen LogP contribution < -0.4 is 0 Å². The van der Waals surface area contributed by atoms with E-state index in [1.165, 1.54) is 12.5 Å². The molecule has 3 fully saturated rings. The molecule has 3 saturated heterocycles. The van der Waals surface area contributed by atoms with Gasteiger partial charge in [0.2, 0.25) is 5.91 Å². The summed E-state index contributed by atoms with van der Waals surface area (Å²) in [5, 5.41) is 0. The third-order valence-electron chi connectivity index (χ3n) is 6.23. The molecule has 4 heterocycles. The van der Waals surface area contributed by atoms with Gasteiger partial charge in [-0.15, -0.1) is 0 Å². The Bertz CT molecular complexity index is 646. The Balaban J connectivity index is 1.37. The molecule has 0 aromatic carbocycles. The van der Waals surface area contributed by atoms with Crippen LogP contribution in [0.3, 0.4) is 0 Å². The van der Waals surface area contributed by atoms with Crippen molar-refractivity contribution in [1.29, 1.82) is 0 Å². The summed E-state index contributed by atoms with van der Waals surface area (Å²) in [7, 11) is 2.06. The number of carbonyl (C=O) groups is 2. The van der Waals surface area contributed by atoms with E-state index in [2.05, 4.69) is 11.9 Å². The van der Waals surface area contributed by atoms with Gasteiger partial charge in [0.15, 0.2) is 0 Å². The summed E-state index contributed by atoms with van der Waals surface area (Å²) in [5.74, 6) is 0.283. The smallest absolute Gasteiger partial charge is 0.257 e. The second-order valence-electron chi connectivity index (χ2n) is 7.88. The molecule has 1 spiro atoms. The van der Waals surface area contributed by atoms with Gasteiger partial charge in [-0.3, -0.25) is 14.5 Å². The minimum atomic E-state index is -0.0378. The molecule has 4 rings (SSSR count). The normalized spacial score (nSPS) is 26.4. The van der Waals surface area contributed by atoms with Crippen molar-refractivity contribution >= 4 is 11.8 Å². The predicted molar refractivity (Wildman–Crippen MR) is 94.7 cm³/mol. The third kappa shape index (κ3) is 3.25. The molecule has 0 radical (unpaired) electrons. The lowest BCUT2D eigenvalue weighted by atomic mass is 9.76. The standard InChI is InChI=1S/C19H27N3O4/c1-20-14-19(12-16(20)18(24)22-7-10-25-11-8-22)3-5-21(6-4-19)17(23)15-2-9-26-13-15/h2,9,13,16H,3-8,10-12,14H2,1H3. The van der Waals surface area contributed by atoms with Gasteiger partial charge < -0.3 is 19.0 Å². The number of carbonyl (C=O) groups excluding carboxylic acids is 2. The summed E-state index contributed by atoms with van der Waals surface area (Å²) < 4.78 is 10.4. The highest BCUT2D eigenvalue weighted by Crippen LogP contribution is 2.43. The Morgan fingerprint density at radius 1 is 1.12 bits per heavy atom. The fraction of sp³-hybridized carbons (Fsp3) is 0.684. The number of ether oxygens (including phenoxy) is 1. The summed E-state index contributed by atoms with van der Waals surface area (Å²) in [6, 6.07) is 1.68. The van der Waals surface area contributed by atoms with E-state index in [0.29, 0.717) is 31.9 Å². The molecule has 1 aromatic heterocycles. The number of rotatable bonds is 2. The monoisotopic (exact) mass is 361 g/mol. The van der Waals surface area contributed by atoms with E-state index in [4.69, 9.17) is 9.15 Å². The van der Waals surface area contributed by atoms with Crippen molar-refractivity contribution in [2.45, 2.75) is 25.3 Å².